The lowest BCUT2D eigenvalue weighted by Crippen LogP contribution is -2.40. The summed E-state index contributed by atoms with van der Waals surface area (Å²) in [5.41, 5.74) is -0.216. The highest BCUT2D eigenvalue weighted by Gasteiger charge is 2.34. The van der Waals surface area contributed by atoms with Crippen LogP contribution in [0, 0.1) is 5.82 Å². The van der Waals surface area contributed by atoms with Crippen molar-refractivity contribution in [1.82, 2.24) is 5.32 Å². The minimum absolute atomic E-state index is 0.144. The number of carbonyl (C=O) groups is 2. The molecule has 1 aromatic carbocycles. The molecule has 1 aromatic rings. The number of halogens is 1. The van der Waals surface area contributed by atoms with Gasteiger partial charge in [-0.2, -0.15) is 0 Å². The van der Waals surface area contributed by atoms with Gasteiger partial charge < -0.3 is 30.1 Å². The Labute approximate surface area is 175 Å². The molecule has 1 atom stereocenters. The number of rotatable bonds is 7. The van der Waals surface area contributed by atoms with Crippen LogP contribution in [0.25, 0.3) is 0 Å². The maximum absolute atomic E-state index is 15.1. The summed E-state index contributed by atoms with van der Waals surface area (Å²) < 4.78 is 26.1. The van der Waals surface area contributed by atoms with Gasteiger partial charge in [-0.15, -0.1) is 0 Å². The van der Waals surface area contributed by atoms with Crippen LogP contribution >= 0.6 is 0 Å². The number of carboxylic acid groups (broad SMARTS) is 1. The van der Waals surface area contributed by atoms with E-state index in [2.05, 4.69) is 10.6 Å². The van der Waals surface area contributed by atoms with E-state index >= 15 is 4.39 Å². The van der Waals surface area contributed by atoms with Gasteiger partial charge in [0.2, 0.25) is 0 Å². The molecule has 1 saturated carbocycles. The molecule has 1 amide bonds. The fourth-order valence-electron chi connectivity index (χ4n) is 3.50. The fraction of sp³-hybridized carbons (Fsp3) is 0.619. The van der Waals surface area contributed by atoms with Crippen molar-refractivity contribution in [2.75, 3.05) is 29.9 Å². The zero-order chi connectivity index (χ0) is 22.1. The van der Waals surface area contributed by atoms with Crippen molar-refractivity contribution in [3.05, 3.63) is 17.4 Å². The molecular formula is C21H30FN3O5. The van der Waals surface area contributed by atoms with E-state index < -0.39 is 23.5 Å². The molecule has 0 spiro atoms. The highest BCUT2D eigenvalue weighted by molar-refractivity contribution is 5.98. The molecule has 0 aromatic heterocycles. The smallest absolute Gasteiger partial charge is 0.407 e. The highest BCUT2D eigenvalue weighted by Crippen LogP contribution is 2.44. The summed E-state index contributed by atoms with van der Waals surface area (Å²) >= 11 is 0. The Morgan fingerprint density at radius 1 is 1.27 bits per heavy atom. The average Bonchev–Trinajstić information content (AvgIpc) is 3.33. The van der Waals surface area contributed by atoms with E-state index in [1.54, 1.807) is 32.6 Å². The SMILES string of the molecule is CCOc1c(NC2CC2)c(C(=O)O)cc(F)c1N1CCC(NC(=O)OC(C)(C)C)C1. The van der Waals surface area contributed by atoms with Gasteiger partial charge in [-0.1, -0.05) is 0 Å². The standard InChI is InChI=1S/C21H30FN3O5/c1-5-29-18-16(23-12-6-7-12)14(19(26)27)10-15(22)17(18)25-9-8-13(11-25)24-20(28)30-21(2,3)4/h10,12-13,23H,5-9,11H2,1-4H3,(H,24,28)(H,26,27). The first-order valence-electron chi connectivity index (χ1n) is 10.3. The van der Waals surface area contributed by atoms with Crippen molar-refractivity contribution < 1.29 is 28.6 Å². The summed E-state index contributed by atoms with van der Waals surface area (Å²) in [6.07, 6.45) is 1.96. The zero-order valence-electron chi connectivity index (χ0n) is 17.9. The summed E-state index contributed by atoms with van der Waals surface area (Å²) in [6, 6.07) is 0.994. The number of benzene rings is 1. The predicted molar refractivity (Wildman–Crippen MR) is 111 cm³/mol. The molecule has 2 fully saturated rings. The molecule has 1 aliphatic heterocycles. The molecule has 9 heteroatoms. The Morgan fingerprint density at radius 2 is 1.97 bits per heavy atom. The van der Waals surface area contributed by atoms with Gasteiger partial charge in [0.25, 0.3) is 0 Å². The van der Waals surface area contributed by atoms with E-state index in [-0.39, 0.29) is 35.7 Å². The topological polar surface area (TPSA) is 100 Å². The van der Waals surface area contributed by atoms with Gasteiger partial charge in [-0.25, -0.2) is 14.0 Å². The first-order valence-corrected chi connectivity index (χ1v) is 10.3. The monoisotopic (exact) mass is 423 g/mol. The third-order valence-electron chi connectivity index (χ3n) is 4.88. The minimum Gasteiger partial charge on any atom is -0.489 e. The second-order valence-corrected chi connectivity index (χ2v) is 8.69. The Hall–Kier alpha value is -2.71. The number of carboxylic acids is 1. The number of aromatic carboxylic acids is 1. The van der Waals surface area contributed by atoms with Crippen molar-refractivity contribution in [3.8, 4) is 5.75 Å². The van der Waals surface area contributed by atoms with E-state index in [1.165, 1.54) is 0 Å². The third kappa shape index (κ3) is 5.25. The third-order valence-corrected chi connectivity index (χ3v) is 4.88. The van der Waals surface area contributed by atoms with E-state index in [0.717, 1.165) is 18.9 Å². The van der Waals surface area contributed by atoms with Gasteiger partial charge in [0.05, 0.1) is 23.9 Å². The quantitative estimate of drug-likeness (QED) is 0.616. The van der Waals surface area contributed by atoms with Crippen molar-refractivity contribution in [2.45, 2.75) is 64.6 Å². The minimum atomic E-state index is -1.21. The van der Waals surface area contributed by atoms with Crippen LogP contribution in [0.2, 0.25) is 0 Å². The molecule has 8 nitrogen and oxygen atoms in total. The molecule has 0 bridgehead atoms. The number of hydrogen-bond acceptors (Lipinski definition) is 6. The summed E-state index contributed by atoms with van der Waals surface area (Å²) in [5.74, 6) is -1.66. The van der Waals surface area contributed by atoms with Gasteiger partial charge >= 0.3 is 12.1 Å². The maximum Gasteiger partial charge on any atom is 0.407 e. The number of hydrogen-bond donors (Lipinski definition) is 3. The Balaban J connectivity index is 1.86. The number of nitrogens with one attached hydrogen (secondary N) is 2. The number of ether oxygens (including phenoxy) is 2. The van der Waals surface area contributed by atoms with Crippen LogP contribution in [0.15, 0.2) is 6.07 Å². The summed E-state index contributed by atoms with van der Waals surface area (Å²) in [5, 5.41) is 15.6. The first-order chi connectivity index (χ1) is 14.1. The molecular weight excluding hydrogens is 393 g/mol. The summed E-state index contributed by atoms with van der Waals surface area (Å²) in [6.45, 7) is 8.26. The molecule has 30 heavy (non-hydrogen) atoms. The second-order valence-electron chi connectivity index (χ2n) is 8.69. The van der Waals surface area contributed by atoms with E-state index in [1.807, 2.05) is 0 Å². The molecule has 166 valence electrons. The molecule has 1 unspecified atom stereocenters. The van der Waals surface area contributed by atoms with Gasteiger partial charge in [0, 0.05) is 19.1 Å². The van der Waals surface area contributed by atoms with Crippen molar-refractivity contribution in [3.63, 3.8) is 0 Å². The lowest BCUT2D eigenvalue weighted by atomic mass is 10.1. The van der Waals surface area contributed by atoms with Gasteiger partial charge in [-0.3, -0.25) is 0 Å². The Bertz CT molecular complexity index is 820. The summed E-state index contributed by atoms with van der Waals surface area (Å²) in [4.78, 5) is 25.6. The molecule has 1 saturated heterocycles. The zero-order valence-corrected chi connectivity index (χ0v) is 17.9. The molecule has 3 N–H and O–H groups in total. The lowest BCUT2D eigenvalue weighted by Gasteiger charge is -2.26. The average molecular weight is 423 g/mol. The van der Waals surface area contributed by atoms with Crippen molar-refractivity contribution >= 4 is 23.4 Å². The van der Waals surface area contributed by atoms with Crippen molar-refractivity contribution in [1.29, 1.82) is 0 Å². The molecule has 1 aliphatic carbocycles. The molecule has 3 rings (SSSR count). The van der Waals surface area contributed by atoms with Crippen LogP contribution in [0.5, 0.6) is 5.75 Å². The molecule has 1 heterocycles. The number of carbonyl (C=O) groups excluding carboxylic acids is 1. The number of anilines is 2. The summed E-state index contributed by atoms with van der Waals surface area (Å²) in [7, 11) is 0. The molecule has 0 radical (unpaired) electrons. The van der Waals surface area contributed by atoms with Crippen LogP contribution in [0.4, 0.5) is 20.6 Å². The largest absolute Gasteiger partial charge is 0.489 e. The lowest BCUT2D eigenvalue weighted by molar-refractivity contribution is 0.0508. The maximum atomic E-state index is 15.1. The normalized spacial score (nSPS) is 18.8. The van der Waals surface area contributed by atoms with Crippen LogP contribution in [0.3, 0.4) is 0 Å². The predicted octanol–water partition coefficient (Wildman–Crippen LogP) is 3.60. The number of amides is 1. The molecule has 2 aliphatic rings. The second kappa shape index (κ2) is 8.57. The Morgan fingerprint density at radius 3 is 2.53 bits per heavy atom. The van der Waals surface area contributed by atoms with Crippen LogP contribution in [0.1, 0.15) is 57.3 Å². The van der Waals surface area contributed by atoms with E-state index in [0.29, 0.717) is 25.2 Å². The fourth-order valence-corrected chi connectivity index (χ4v) is 3.50. The van der Waals surface area contributed by atoms with Crippen LogP contribution < -0.4 is 20.3 Å². The van der Waals surface area contributed by atoms with E-state index in [9.17, 15) is 14.7 Å². The van der Waals surface area contributed by atoms with Gasteiger partial charge in [0.1, 0.15) is 11.3 Å². The first kappa shape index (κ1) is 22.0. The Kier molecular flexibility index (Phi) is 6.28. The van der Waals surface area contributed by atoms with Gasteiger partial charge in [0.15, 0.2) is 11.6 Å². The van der Waals surface area contributed by atoms with Crippen LogP contribution in [-0.4, -0.2) is 54.6 Å². The van der Waals surface area contributed by atoms with Crippen molar-refractivity contribution in [2.24, 2.45) is 0 Å². The van der Waals surface area contributed by atoms with Crippen LogP contribution in [-0.2, 0) is 4.74 Å². The number of nitrogens with zero attached hydrogens (tertiary/aromatic N) is 1. The van der Waals surface area contributed by atoms with Gasteiger partial charge in [-0.05, 0) is 53.0 Å². The number of alkyl carbamates (subject to hydrolysis) is 1. The van der Waals surface area contributed by atoms with E-state index in [4.69, 9.17) is 9.47 Å². The highest BCUT2D eigenvalue weighted by atomic mass is 19.1.